The minimum absolute atomic E-state index is 0.00825. The van der Waals surface area contributed by atoms with Crippen molar-refractivity contribution in [3.05, 3.63) is 42.1 Å². The Bertz CT molecular complexity index is 737. The van der Waals surface area contributed by atoms with Gasteiger partial charge in [0.05, 0.1) is 0 Å². The molecule has 138 valence electrons. The number of likely N-dealkylation sites (N-methyl/N-ethyl adjacent to an activating group) is 1. The standard InChI is InChI=1S/C20H27N5O/c1-4-24(5-2)18-15-17(20(26)25-13-11-23(3)12-14-25)21-19(22-18)16-9-7-6-8-10-16/h6-10,15H,4-5,11-14H2,1-3H3. The summed E-state index contributed by atoms with van der Waals surface area (Å²) in [6, 6.07) is 11.7. The third-order valence-corrected chi connectivity index (χ3v) is 4.84. The van der Waals surface area contributed by atoms with Crippen LogP contribution in [0.4, 0.5) is 5.82 Å². The zero-order chi connectivity index (χ0) is 18.5. The number of benzene rings is 1. The van der Waals surface area contributed by atoms with Crippen molar-refractivity contribution >= 4 is 11.7 Å². The summed E-state index contributed by atoms with van der Waals surface area (Å²) in [5.74, 6) is 1.40. The van der Waals surface area contributed by atoms with Crippen LogP contribution in [0.25, 0.3) is 11.4 Å². The highest BCUT2D eigenvalue weighted by atomic mass is 16.2. The Kier molecular flexibility index (Phi) is 5.83. The molecule has 6 heteroatoms. The molecule has 1 aliphatic heterocycles. The Labute approximate surface area is 155 Å². The topological polar surface area (TPSA) is 52.6 Å². The first-order chi connectivity index (χ1) is 12.6. The highest BCUT2D eigenvalue weighted by molar-refractivity contribution is 5.93. The monoisotopic (exact) mass is 353 g/mol. The average molecular weight is 353 g/mol. The quantitative estimate of drug-likeness (QED) is 0.826. The molecule has 26 heavy (non-hydrogen) atoms. The summed E-state index contributed by atoms with van der Waals surface area (Å²) in [5.41, 5.74) is 1.40. The van der Waals surface area contributed by atoms with E-state index in [1.54, 1.807) is 0 Å². The first-order valence-electron chi connectivity index (χ1n) is 9.29. The van der Waals surface area contributed by atoms with E-state index in [0.29, 0.717) is 11.5 Å². The lowest BCUT2D eigenvalue weighted by Crippen LogP contribution is -2.47. The molecule has 0 bridgehead atoms. The van der Waals surface area contributed by atoms with Crippen molar-refractivity contribution < 1.29 is 4.79 Å². The van der Waals surface area contributed by atoms with Gasteiger partial charge in [-0.15, -0.1) is 0 Å². The van der Waals surface area contributed by atoms with Crippen LogP contribution in [-0.4, -0.2) is 72.0 Å². The molecule has 2 aromatic rings. The molecule has 0 aliphatic carbocycles. The lowest BCUT2D eigenvalue weighted by molar-refractivity contribution is 0.0658. The molecule has 3 rings (SSSR count). The van der Waals surface area contributed by atoms with E-state index in [1.807, 2.05) is 41.3 Å². The maximum atomic E-state index is 13.0. The fourth-order valence-corrected chi connectivity index (χ4v) is 3.14. The fraction of sp³-hybridized carbons (Fsp3) is 0.450. The van der Waals surface area contributed by atoms with Gasteiger partial charge in [0.15, 0.2) is 5.82 Å². The second-order valence-corrected chi connectivity index (χ2v) is 6.57. The SMILES string of the molecule is CCN(CC)c1cc(C(=O)N2CCN(C)CC2)nc(-c2ccccc2)n1. The summed E-state index contributed by atoms with van der Waals surface area (Å²) in [7, 11) is 2.08. The molecule has 1 aliphatic rings. The number of amides is 1. The van der Waals surface area contributed by atoms with Gasteiger partial charge in [-0.3, -0.25) is 4.79 Å². The van der Waals surface area contributed by atoms with E-state index >= 15 is 0 Å². The lowest BCUT2D eigenvalue weighted by Gasteiger charge is -2.32. The smallest absolute Gasteiger partial charge is 0.272 e. The molecule has 0 spiro atoms. The van der Waals surface area contributed by atoms with E-state index in [4.69, 9.17) is 4.98 Å². The molecular formula is C20H27N5O. The van der Waals surface area contributed by atoms with Gasteiger partial charge in [-0.2, -0.15) is 0 Å². The summed E-state index contributed by atoms with van der Waals surface area (Å²) >= 11 is 0. The summed E-state index contributed by atoms with van der Waals surface area (Å²) in [6.07, 6.45) is 0. The van der Waals surface area contributed by atoms with Crippen molar-refractivity contribution in [2.45, 2.75) is 13.8 Å². The van der Waals surface area contributed by atoms with Gasteiger partial charge in [-0.05, 0) is 20.9 Å². The minimum Gasteiger partial charge on any atom is -0.357 e. The number of anilines is 1. The van der Waals surface area contributed by atoms with Crippen molar-refractivity contribution in [2.24, 2.45) is 0 Å². The molecule has 1 amide bonds. The Balaban J connectivity index is 1.98. The van der Waals surface area contributed by atoms with E-state index < -0.39 is 0 Å². The third kappa shape index (κ3) is 4.02. The third-order valence-electron chi connectivity index (χ3n) is 4.84. The Morgan fingerprint density at radius 3 is 2.31 bits per heavy atom. The van der Waals surface area contributed by atoms with Crippen LogP contribution in [-0.2, 0) is 0 Å². The Morgan fingerprint density at radius 1 is 1.04 bits per heavy atom. The van der Waals surface area contributed by atoms with Gasteiger partial charge in [-0.25, -0.2) is 9.97 Å². The molecule has 1 saturated heterocycles. The van der Waals surface area contributed by atoms with Crippen LogP contribution in [0.15, 0.2) is 36.4 Å². The van der Waals surface area contributed by atoms with Gasteiger partial charge in [0.1, 0.15) is 11.5 Å². The Morgan fingerprint density at radius 2 is 1.69 bits per heavy atom. The Hall–Kier alpha value is -2.47. The molecular weight excluding hydrogens is 326 g/mol. The highest BCUT2D eigenvalue weighted by Gasteiger charge is 2.23. The number of hydrogen-bond acceptors (Lipinski definition) is 5. The molecule has 0 N–H and O–H groups in total. The van der Waals surface area contributed by atoms with Crippen LogP contribution >= 0.6 is 0 Å². The molecule has 1 aromatic heterocycles. The van der Waals surface area contributed by atoms with Crippen LogP contribution in [0.5, 0.6) is 0 Å². The molecule has 0 unspecified atom stereocenters. The van der Waals surface area contributed by atoms with Crippen LogP contribution < -0.4 is 4.90 Å². The number of rotatable bonds is 5. The van der Waals surface area contributed by atoms with E-state index in [0.717, 1.165) is 50.6 Å². The van der Waals surface area contributed by atoms with Gasteiger partial charge < -0.3 is 14.7 Å². The van der Waals surface area contributed by atoms with Crippen molar-refractivity contribution in [3.8, 4) is 11.4 Å². The van der Waals surface area contributed by atoms with Gasteiger partial charge in [-0.1, -0.05) is 30.3 Å². The van der Waals surface area contributed by atoms with Crippen LogP contribution in [0.1, 0.15) is 24.3 Å². The molecule has 0 atom stereocenters. The normalized spacial score (nSPS) is 15.1. The molecule has 1 fully saturated rings. The number of carbonyl (C=O) groups is 1. The molecule has 0 saturated carbocycles. The highest BCUT2D eigenvalue weighted by Crippen LogP contribution is 2.21. The second-order valence-electron chi connectivity index (χ2n) is 6.57. The summed E-state index contributed by atoms with van der Waals surface area (Å²) < 4.78 is 0. The summed E-state index contributed by atoms with van der Waals surface area (Å²) in [6.45, 7) is 9.12. The average Bonchev–Trinajstić information content (AvgIpc) is 2.69. The predicted molar refractivity (Wildman–Crippen MR) is 104 cm³/mol. The fourth-order valence-electron chi connectivity index (χ4n) is 3.14. The molecule has 6 nitrogen and oxygen atoms in total. The van der Waals surface area contributed by atoms with Crippen LogP contribution in [0.2, 0.25) is 0 Å². The summed E-state index contributed by atoms with van der Waals surface area (Å²) in [4.78, 5) is 28.6. The minimum atomic E-state index is -0.00825. The van der Waals surface area contributed by atoms with Crippen LogP contribution in [0.3, 0.4) is 0 Å². The lowest BCUT2D eigenvalue weighted by atomic mass is 10.2. The van der Waals surface area contributed by atoms with Crippen molar-refractivity contribution in [1.82, 2.24) is 19.8 Å². The molecule has 0 radical (unpaired) electrons. The predicted octanol–water partition coefficient (Wildman–Crippen LogP) is 2.38. The van der Waals surface area contributed by atoms with Crippen molar-refractivity contribution in [3.63, 3.8) is 0 Å². The van der Waals surface area contributed by atoms with Crippen molar-refractivity contribution in [1.29, 1.82) is 0 Å². The van der Waals surface area contributed by atoms with E-state index in [9.17, 15) is 4.79 Å². The number of piperazine rings is 1. The van der Waals surface area contributed by atoms with E-state index in [-0.39, 0.29) is 5.91 Å². The molecule has 1 aromatic carbocycles. The maximum absolute atomic E-state index is 13.0. The van der Waals surface area contributed by atoms with Gasteiger partial charge in [0.25, 0.3) is 5.91 Å². The van der Waals surface area contributed by atoms with E-state index in [2.05, 4.69) is 35.7 Å². The van der Waals surface area contributed by atoms with Gasteiger partial charge in [0.2, 0.25) is 0 Å². The molecule has 2 heterocycles. The zero-order valence-corrected chi connectivity index (χ0v) is 15.9. The van der Waals surface area contributed by atoms with Crippen LogP contribution in [0, 0.1) is 0 Å². The zero-order valence-electron chi connectivity index (χ0n) is 15.9. The van der Waals surface area contributed by atoms with Gasteiger partial charge >= 0.3 is 0 Å². The first-order valence-corrected chi connectivity index (χ1v) is 9.29. The van der Waals surface area contributed by atoms with Gasteiger partial charge in [0, 0.05) is 50.9 Å². The van der Waals surface area contributed by atoms with E-state index in [1.165, 1.54) is 0 Å². The first kappa shape index (κ1) is 18.3. The number of aromatic nitrogens is 2. The maximum Gasteiger partial charge on any atom is 0.272 e. The number of carbonyl (C=O) groups excluding carboxylic acids is 1. The number of hydrogen-bond donors (Lipinski definition) is 0. The number of nitrogens with zero attached hydrogens (tertiary/aromatic N) is 5. The second kappa shape index (κ2) is 8.27. The largest absolute Gasteiger partial charge is 0.357 e. The van der Waals surface area contributed by atoms with Crippen molar-refractivity contribution in [2.75, 3.05) is 51.2 Å². The summed E-state index contributed by atoms with van der Waals surface area (Å²) in [5, 5.41) is 0.